The lowest BCUT2D eigenvalue weighted by atomic mass is 10.0. The smallest absolute Gasteiger partial charge is 0.0417 e. The molecule has 112 valence electrons. The molecule has 21 heavy (non-hydrogen) atoms. The molecule has 2 aromatic carbocycles. The number of halogens is 1. The summed E-state index contributed by atoms with van der Waals surface area (Å²) >= 11 is 7.86. The molecule has 2 aromatic rings. The van der Waals surface area contributed by atoms with Crippen LogP contribution >= 0.6 is 23.4 Å². The number of rotatable bonds is 7. The van der Waals surface area contributed by atoms with Gasteiger partial charge in [-0.05, 0) is 42.8 Å². The molecule has 0 heterocycles. The molecule has 1 atom stereocenters. The second-order valence-corrected chi connectivity index (χ2v) is 6.63. The van der Waals surface area contributed by atoms with Crippen LogP contribution in [0, 0.1) is 0 Å². The third-order valence-corrected chi connectivity index (χ3v) is 4.80. The molecule has 0 aliphatic carbocycles. The van der Waals surface area contributed by atoms with Gasteiger partial charge in [0.1, 0.15) is 0 Å². The molecular weight excluding hydrogens is 298 g/mol. The van der Waals surface area contributed by atoms with Crippen LogP contribution in [0.4, 0.5) is 0 Å². The number of benzene rings is 2. The summed E-state index contributed by atoms with van der Waals surface area (Å²) in [7, 11) is 2.02. The molecule has 1 unspecified atom stereocenters. The zero-order valence-corrected chi connectivity index (χ0v) is 14.2. The first-order valence-electron chi connectivity index (χ1n) is 7.37. The van der Waals surface area contributed by atoms with Crippen LogP contribution in [-0.2, 0) is 6.42 Å². The fourth-order valence-electron chi connectivity index (χ4n) is 2.29. The van der Waals surface area contributed by atoms with Gasteiger partial charge in [-0.1, -0.05) is 55.3 Å². The van der Waals surface area contributed by atoms with Gasteiger partial charge in [0.15, 0.2) is 0 Å². The number of hydrogen-bond donors (Lipinski definition) is 1. The molecule has 0 saturated heterocycles. The highest BCUT2D eigenvalue weighted by Crippen LogP contribution is 2.26. The number of thioether (sulfide) groups is 1. The molecule has 3 heteroatoms. The second kappa shape index (κ2) is 8.47. The maximum atomic E-state index is 6.03. The van der Waals surface area contributed by atoms with Crippen molar-refractivity contribution >= 4 is 23.4 Å². The molecule has 0 fully saturated rings. The molecule has 2 rings (SSSR count). The molecule has 0 aliphatic heterocycles. The van der Waals surface area contributed by atoms with E-state index in [9.17, 15) is 0 Å². The van der Waals surface area contributed by atoms with Gasteiger partial charge in [-0.3, -0.25) is 0 Å². The van der Waals surface area contributed by atoms with Crippen LogP contribution in [0.15, 0.2) is 53.4 Å². The van der Waals surface area contributed by atoms with Crippen LogP contribution in [0.3, 0.4) is 0 Å². The van der Waals surface area contributed by atoms with Crippen molar-refractivity contribution in [3.05, 3.63) is 64.7 Å². The van der Waals surface area contributed by atoms with E-state index in [2.05, 4.69) is 42.6 Å². The van der Waals surface area contributed by atoms with E-state index in [-0.39, 0.29) is 0 Å². The summed E-state index contributed by atoms with van der Waals surface area (Å²) in [6.45, 7) is 2.21. The zero-order chi connectivity index (χ0) is 15.1. The van der Waals surface area contributed by atoms with Crippen LogP contribution in [-0.4, -0.2) is 12.8 Å². The van der Waals surface area contributed by atoms with Crippen molar-refractivity contribution in [1.82, 2.24) is 5.32 Å². The largest absolute Gasteiger partial charge is 0.312 e. The number of aryl methyl sites for hydroxylation is 1. The molecule has 0 spiro atoms. The number of hydrogen-bond acceptors (Lipinski definition) is 2. The average Bonchev–Trinajstić information content (AvgIpc) is 2.50. The van der Waals surface area contributed by atoms with Crippen molar-refractivity contribution in [3.8, 4) is 0 Å². The van der Waals surface area contributed by atoms with E-state index in [0.29, 0.717) is 6.04 Å². The summed E-state index contributed by atoms with van der Waals surface area (Å²) in [6.07, 6.45) is 2.35. The van der Waals surface area contributed by atoms with Crippen molar-refractivity contribution in [2.45, 2.75) is 30.7 Å². The van der Waals surface area contributed by atoms with Crippen molar-refractivity contribution in [1.29, 1.82) is 0 Å². The van der Waals surface area contributed by atoms with Gasteiger partial charge in [-0.2, -0.15) is 0 Å². The summed E-state index contributed by atoms with van der Waals surface area (Å²) in [5.41, 5.74) is 2.76. The molecule has 1 N–H and O–H groups in total. The van der Waals surface area contributed by atoms with Crippen LogP contribution in [0.2, 0.25) is 5.02 Å². The highest BCUT2D eigenvalue weighted by molar-refractivity contribution is 7.99. The minimum absolute atomic E-state index is 0.352. The minimum Gasteiger partial charge on any atom is -0.312 e. The maximum Gasteiger partial charge on any atom is 0.0417 e. The zero-order valence-electron chi connectivity index (χ0n) is 12.6. The van der Waals surface area contributed by atoms with Gasteiger partial charge < -0.3 is 5.32 Å². The highest BCUT2D eigenvalue weighted by atomic mass is 35.5. The van der Waals surface area contributed by atoms with E-state index in [0.717, 1.165) is 17.2 Å². The lowest BCUT2D eigenvalue weighted by molar-refractivity contribution is 0.661. The van der Waals surface area contributed by atoms with E-state index in [4.69, 9.17) is 11.6 Å². The van der Waals surface area contributed by atoms with Crippen LogP contribution in [0.1, 0.15) is 30.5 Å². The standard InChI is InChI=1S/C18H22ClNS/c1-3-5-14-8-10-15(11-9-14)18(20-2)13-21-17-7-4-6-16(19)12-17/h4,6-12,18,20H,3,5,13H2,1-2H3. The van der Waals surface area contributed by atoms with E-state index in [1.165, 1.54) is 22.4 Å². The highest BCUT2D eigenvalue weighted by Gasteiger charge is 2.10. The minimum atomic E-state index is 0.352. The predicted molar refractivity (Wildman–Crippen MR) is 94.4 cm³/mol. The quantitative estimate of drug-likeness (QED) is 0.691. The van der Waals surface area contributed by atoms with Gasteiger partial charge in [0.2, 0.25) is 0 Å². The van der Waals surface area contributed by atoms with Crippen LogP contribution < -0.4 is 5.32 Å². The van der Waals surface area contributed by atoms with Crippen molar-refractivity contribution in [2.24, 2.45) is 0 Å². The molecule has 0 bridgehead atoms. The fraction of sp³-hybridized carbons (Fsp3) is 0.333. The Balaban J connectivity index is 1.99. The second-order valence-electron chi connectivity index (χ2n) is 5.10. The first-order chi connectivity index (χ1) is 10.2. The van der Waals surface area contributed by atoms with Gasteiger partial charge in [0.05, 0.1) is 0 Å². The topological polar surface area (TPSA) is 12.0 Å². The van der Waals surface area contributed by atoms with E-state index in [1.54, 1.807) is 0 Å². The van der Waals surface area contributed by atoms with Gasteiger partial charge >= 0.3 is 0 Å². The Morgan fingerprint density at radius 2 is 1.90 bits per heavy atom. The summed E-state index contributed by atoms with van der Waals surface area (Å²) in [5, 5.41) is 4.20. The third kappa shape index (κ3) is 5.06. The SMILES string of the molecule is CCCc1ccc(C(CSc2cccc(Cl)c2)NC)cc1. The Labute approximate surface area is 137 Å². The van der Waals surface area contributed by atoms with Crippen molar-refractivity contribution in [3.63, 3.8) is 0 Å². The van der Waals surface area contributed by atoms with E-state index < -0.39 is 0 Å². The third-order valence-electron chi connectivity index (χ3n) is 3.48. The normalized spacial score (nSPS) is 12.3. The van der Waals surface area contributed by atoms with E-state index in [1.807, 2.05) is 37.0 Å². The molecule has 0 radical (unpaired) electrons. The van der Waals surface area contributed by atoms with Gasteiger partial charge in [-0.25, -0.2) is 0 Å². The lowest BCUT2D eigenvalue weighted by Crippen LogP contribution is -2.18. The molecule has 1 nitrogen and oxygen atoms in total. The molecule has 0 aromatic heterocycles. The van der Waals surface area contributed by atoms with Gasteiger partial charge in [0.25, 0.3) is 0 Å². The summed E-state index contributed by atoms with van der Waals surface area (Å²) in [6, 6.07) is 17.4. The van der Waals surface area contributed by atoms with Crippen molar-refractivity contribution in [2.75, 3.05) is 12.8 Å². The maximum absolute atomic E-state index is 6.03. The Bertz CT molecular complexity index is 553. The summed E-state index contributed by atoms with van der Waals surface area (Å²) in [4.78, 5) is 1.21. The lowest BCUT2D eigenvalue weighted by Gasteiger charge is -2.17. The molecule has 0 saturated carbocycles. The Morgan fingerprint density at radius 1 is 1.14 bits per heavy atom. The molecule has 0 aliphatic rings. The molecular formula is C18H22ClNS. The molecule has 0 amide bonds. The summed E-state index contributed by atoms with van der Waals surface area (Å²) in [5.74, 6) is 0.990. The first kappa shape index (κ1) is 16.4. The van der Waals surface area contributed by atoms with Crippen LogP contribution in [0.5, 0.6) is 0 Å². The average molecular weight is 320 g/mol. The first-order valence-corrected chi connectivity index (χ1v) is 8.73. The van der Waals surface area contributed by atoms with E-state index >= 15 is 0 Å². The van der Waals surface area contributed by atoms with Gasteiger partial charge in [0, 0.05) is 21.7 Å². The Morgan fingerprint density at radius 3 is 2.52 bits per heavy atom. The Hall–Kier alpha value is -0.960. The monoisotopic (exact) mass is 319 g/mol. The summed E-state index contributed by atoms with van der Waals surface area (Å²) < 4.78 is 0. The fourth-order valence-corrected chi connectivity index (χ4v) is 3.65. The van der Waals surface area contributed by atoms with Gasteiger partial charge in [-0.15, -0.1) is 11.8 Å². The van der Waals surface area contributed by atoms with Crippen LogP contribution in [0.25, 0.3) is 0 Å². The predicted octanol–water partition coefficient (Wildman–Crippen LogP) is 5.35. The number of nitrogens with one attached hydrogen (secondary N) is 1. The Kier molecular flexibility index (Phi) is 6.62. The van der Waals surface area contributed by atoms with Crippen molar-refractivity contribution < 1.29 is 0 Å².